The quantitative estimate of drug-likeness (QED) is 0.265. The normalized spacial score (nSPS) is 25.1. The van der Waals surface area contributed by atoms with Crippen molar-refractivity contribution in [1.29, 1.82) is 0 Å². The Bertz CT molecular complexity index is 1130. The first-order chi connectivity index (χ1) is 16.1. The number of carbonyl (C=O) groups is 4. The van der Waals surface area contributed by atoms with Gasteiger partial charge in [-0.15, -0.1) is 0 Å². The van der Waals surface area contributed by atoms with Crippen molar-refractivity contribution in [1.82, 2.24) is 10.0 Å². The van der Waals surface area contributed by atoms with Crippen LogP contribution in [0.4, 0.5) is 0 Å². The summed E-state index contributed by atoms with van der Waals surface area (Å²) < 4.78 is 0. The number of halogens is 3. The minimum absolute atomic E-state index is 0.0183. The maximum absolute atomic E-state index is 13.7. The van der Waals surface area contributed by atoms with E-state index >= 15 is 0 Å². The fourth-order valence-corrected chi connectivity index (χ4v) is 6.01. The molecule has 0 radical (unpaired) electrons. The van der Waals surface area contributed by atoms with Crippen LogP contribution in [-0.4, -0.2) is 49.2 Å². The monoisotopic (exact) mass is 608 g/mol. The van der Waals surface area contributed by atoms with Crippen LogP contribution < -0.4 is 0 Å². The summed E-state index contributed by atoms with van der Waals surface area (Å²) >= 11 is 13.4. The largest absolute Gasteiger partial charge is 0.292 e. The predicted molar refractivity (Wildman–Crippen MR) is 136 cm³/mol. The van der Waals surface area contributed by atoms with Crippen molar-refractivity contribution in [2.24, 2.45) is 11.8 Å². The van der Waals surface area contributed by atoms with Gasteiger partial charge in [0, 0.05) is 15.2 Å². The van der Waals surface area contributed by atoms with Crippen LogP contribution in [0.2, 0.25) is 5.02 Å². The average Bonchev–Trinajstić information content (AvgIpc) is 3.04. The number of imide groups is 1. The highest BCUT2D eigenvalue weighted by Gasteiger charge is 2.55. The Morgan fingerprint density at radius 1 is 0.971 bits per heavy atom. The highest BCUT2D eigenvalue weighted by Crippen LogP contribution is 2.44. The van der Waals surface area contributed by atoms with Gasteiger partial charge in [0.15, 0.2) is 5.78 Å². The van der Waals surface area contributed by atoms with E-state index in [1.807, 2.05) is 6.92 Å². The van der Waals surface area contributed by atoms with Crippen LogP contribution in [0, 0.1) is 18.8 Å². The minimum Gasteiger partial charge on any atom is -0.292 e. The van der Waals surface area contributed by atoms with E-state index < -0.39 is 35.6 Å². The van der Waals surface area contributed by atoms with Gasteiger partial charge in [0.25, 0.3) is 17.7 Å². The molecular formula is C25H23Br2ClN2O4. The van der Waals surface area contributed by atoms with E-state index in [0.717, 1.165) is 15.6 Å². The number of aryl methyl sites for hydroxylation is 1. The molecule has 34 heavy (non-hydrogen) atoms. The third-order valence-corrected chi connectivity index (χ3v) is 9.56. The Morgan fingerprint density at radius 2 is 1.50 bits per heavy atom. The van der Waals surface area contributed by atoms with Crippen molar-refractivity contribution in [3.8, 4) is 0 Å². The van der Waals surface area contributed by atoms with Crippen molar-refractivity contribution in [2.45, 2.75) is 42.4 Å². The Balaban J connectivity index is 1.76. The molecule has 2 aromatic carbocycles. The second kappa shape index (κ2) is 9.91. The molecule has 4 rings (SSSR count). The summed E-state index contributed by atoms with van der Waals surface area (Å²) in [5, 5.41) is 2.06. The summed E-state index contributed by atoms with van der Waals surface area (Å²) in [5.74, 6) is -3.12. The van der Waals surface area contributed by atoms with Crippen molar-refractivity contribution < 1.29 is 19.2 Å². The van der Waals surface area contributed by atoms with Gasteiger partial charge in [0.05, 0.1) is 22.4 Å². The first-order valence-electron chi connectivity index (χ1n) is 11.0. The van der Waals surface area contributed by atoms with Crippen LogP contribution in [-0.2, 0) is 9.59 Å². The highest BCUT2D eigenvalue weighted by molar-refractivity contribution is 9.12. The molecule has 2 fully saturated rings. The van der Waals surface area contributed by atoms with Gasteiger partial charge in [0.2, 0.25) is 0 Å². The number of benzene rings is 2. The predicted octanol–water partition coefficient (Wildman–Crippen LogP) is 5.20. The molecule has 9 heteroatoms. The number of Topliss-reactive ketones (excluding diaryl/α,β-unsaturated/α-hetero) is 1. The molecule has 0 N–H and O–H groups in total. The molecule has 0 aromatic heterocycles. The zero-order chi connectivity index (χ0) is 24.7. The summed E-state index contributed by atoms with van der Waals surface area (Å²) in [6.45, 7) is 3.43. The summed E-state index contributed by atoms with van der Waals surface area (Å²) in [4.78, 5) is 54.2. The van der Waals surface area contributed by atoms with Gasteiger partial charge in [-0.2, -0.15) is 5.01 Å². The lowest BCUT2D eigenvalue weighted by atomic mass is 9.81. The van der Waals surface area contributed by atoms with Gasteiger partial charge in [-0.25, -0.2) is 5.01 Å². The first kappa shape index (κ1) is 25.1. The number of amides is 3. The smallest absolute Gasteiger partial charge is 0.275 e. The van der Waals surface area contributed by atoms with E-state index in [9.17, 15) is 19.2 Å². The Kier molecular flexibility index (Phi) is 7.31. The zero-order valence-electron chi connectivity index (χ0n) is 18.6. The second-order valence-corrected chi connectivity index (χ2v) is 11.5. The number of fused-ring (bicyclic) bond motifs is 1. The van der Waals surface area contributed by atoms with Crippen molar-refractivity contribution in [3.05, 3.63) is 70.2 Å². The van der Waals surface area contributed by atoms with Gasteiger partial charge in [-0.05, 0) is 38.8 Å². The van der Waals surface area contributed by atoms with Crippen LogP contribution in [0.5, 0.6) is 0 Å². The third kappa shape index (κ3) is 4.48. The SMILES string of the molecule is Cc1ccc(C(=O)[C@H](C)N(C(=O)c2ccccc2Cl)N2C(=O)[C@H]3C[C@@H](Br)[C@@H](Br)C[C@H]3C2=O)cc1. The molecule has 1 saturated carbocycles. The molecule has 1 saturated heterocycles. The fourth-order valence-electron chi connectivity index (χ4n) is 4.56. The lowest BCUT2D eigenvalue weighted by Crippen LogP contribution is -2.56. The molecule has 2 aromatic rings. The van der Waals surface area contributed by atoms with Gasteiger partial charge in [0.1, 0.15) is 6.04 Å². The van der Waals surface area contributed by atoms with E-state index in [1.54, 1.807) is 42.5 Å². The molecule has 1 aliphatic carbocycles. The van der Waals surface area contributed by atoms with Crippen LogP contribution >= 0.6 is 43.5 Å². The number of ketones is 1. The summed E-state index contributed by atoms with van der Waals surface area (Å²) in [6, 6.07) is 12.2. The molecular weight excluding hydrogens is 588 g/mol. The first-order valence-corrected chi connectivity index (χ1v) is 13.2. The fraction of sp³-hybridized carbons (Fsp3) is 0.360. The molecule has 5 atom stereocenters. The van der Waals surface area contributed by atoms with Crippen LogP contribution in [0.25, 0.3) is 0 Å². The van der Waals surface area contributed by atoms with E-state index in [-0.39, 0.29) is 26.0 Å². The number of hydrogen-bond acceptors (Lipinski definition) is 4. The van der Waals surface area contributed by atoms with Crippen molar-refractivity contribution >= 4 is 67.0 Å². The molecule has 1 heterocycles. The molecule has 3 amide bonds. The molecule has 0 unspecified atom stereocenters. The van der Waals surface area contributed by atoms with E-state index in [4.69, 9.17) is 11.6 Å². The molecule has 6 nitrogen and oxygen atoms in total. The van der Waals surface area contributed by atoms with Crippen molar-refractivity contribution in [3.63, 3.8) is 0 Å². The minimum atomic E-state index is -1.11. The molecule has 0 bridgehead atoms. The van der Waals surface area contributed by atoms with Gasteiger partial charge >= 0.3 is 0 Å². The van der Waals surface area contributed by atoms with Gasteiger partial charge in [-0.3, -0.25) is 19.2 Å². The highest BCUT2D eigenvalue weighted by atomic mass is 79.9. The van der Waals surface area contributed by atoms with Crippen LogP contribution in [0.15, 0.2) is 48.5 Å². The number of nitrogens with zero attached hydrogens (tertiary/aromatic N) is 2. The number of alkyl halides is 2. The zero-order valence-corrected chi connectivity index (χ0v) is 22.5. The Morgan fingerprint density at radius 3 is 2.03 bits per heavy atom. The Labute approximate surface area is 219 Å². The molecule has 0 spiro atoms. The lowest BCUT2D eigenvalue weighted by molar-refractivity contribution is -0.156. The number of carbonyl (C=O) groups excluding carboxylic acids is 4. The number of hydrazine groups is 1. The molecule has 178 valence electrons. The van der Waals surface area contributed by atoms with Gasteiger partial charge < -0.3 is 0 Å². The average molecular weight is 611 g/mol. The van der Waals surface area contributed by atoms with E-state index in [0.29, 0.717) is 18.4 Å². The topological polar surface area (TPSA) is 74.8 Å². The second-order valence-electron chi connectivity index (χ2n) is 8.74. The summed E-state index contributed by atoms with van der Waals surface area (Å²) in [7, 11) is 0. The number of rotatable bonds is 5. The summed E-state index contributed by atoms with van der Waals surface area (Å²) in [6.07, 6.45) is 0.909. The lowest BCUT2D eigenvalue weighted by Gasteiger charge is -2.35. The maximum atomic E-state index is 13.7. The summed E-state index contributed by atoms with van der Waals surface area (Å²) in [5.41, 5.74) is 1.48. The number of hydrogen-bond donors (Lipinski definition) is 0. The Hall–Kier alpha value is -2.03. The van der Waals surface area contributed by atoms with E-state index in [2.05, 4.69) is 31.9 Å². The standard InChI is InChI=1S/C25H23Br2ClN2O4/c1-13-7-9-15(10-8-13)22(31)14(2)29(23(32)16-5-3-4-6-21(16)28)30-24(33)17-11-19(26)20(27)12-18(17)25(30)34/h3-10,14,17-20H,11-12H2,1-2H3/t14-,17-,18+,19+,20-/m0/s1. The van der Waals surface area contributed by atoms with Gasteiger partial charge in [-0.1, -0.05) is 85.4 Å². The van der Waals surface area contributed by atoms with Crippen molar-refractivity contribution in [2.75, 3.05) is 0 Å². The molecule has 2 aliphatic rings. The van der Waals surface area contributed by atoms with E-state index in [1.165, 1.54) is 13.0 Å². The van der Waals surface area contributed by atoms with Crippen LogP contribution in [0.1, 0.15) is 46.0 Å². The maximum Gasteiger partial charge on any atom is 0.275 e. The van der Waals surface area contributed by atoms with Crippen LogP contribution in [0.3, 0.4) is 0 Å². The molecule has 1 aliphatic heterocycles. The third-order valence-electron chi connectivity index (χ3n) is 6.50.